The molecule has 4 nitrogen and oxygen atoms in total. The highest BCUT2D eigenvalue weighted by atomic mass is 16.5. The van der Waals surface area contributed by atoms with Gasteiger partial charge in [-0.05, 0) is 24.3 Å². The number of hydrogen-bond acceptors (Lipinski definition) is 4. The van der Waals surface area contributed by atoms with Crippen molar-refractivity contribution in [2.75, 3.05) is 6.61 Å². The zero-order valence-corrected chi connectivity index (χ0v) is 12.7. The number of hydrogen-bond donors (Lipinski definition) is 0. The van der Waals surface area contributed by atoms with Gasteiger partial charge < -0.3 is 9.26 Å². The summed E-state index contributed by atoms with van der Waals surface area (Å²) in [5.41, 5.74) is 1.30. The zero-order valence-electron chi connectivity index (χ0n) is 12.7. The summed E-state index contributed by atoms with van der Waals surface area (Å²) in [5.74, 6) is 2.26. The normalized spacial score (nSPS) is 22.0. The molecule has 0 bridgehead atoms. The molecule has 0 amide bonds. The van der Waals surface area contributed by atoms with Gasteiger partial charge in [0.15, 0.2) is 5.82 Å². The summed E-state index contributed by atoms with van der Waals surface area (Å²) in [4.78, 5) is 4.58. The van der Waals surface area contributed by atoms with Gasteiger partial charge in [0, 0.05) is 13.0 Å². The van der Waals surface area contributed by atoms with Crippen molar-refractivity contribution in [3.8, 4) is 0 Å². The molecule has 1 aromatic heterocycles. The van der Waals surface area contributed by atoms with Crippen LogP contribution in [0.25, 0.3) is 0 Å². The quantitative estimate of drug-likeness (QED) is 0.845. The number of nitrogens with zero attached hydrogens (tertiary/aromatic N) is 2. The first-order valence-electron chi connectivity index (χ1n) is 7.72. The van der Waals surface area contributed by atoms with E-state index in [0.717, 1.165) is 37.6 Å². The van der Waals surface area contributed by atoms with Crippen molar-refractivity contribution in [3.63, 3.8) is 0 Å². The van der Waals surface area contributed by atoms with E-state index in [1.807, 2.05) is 6.07 Å². The van der Waals surface area contributed by atoms with Crippen LogP contribution < -0.4 is 0 Å². The molecule has 2 aromatic rings. The van der Waals surface area contributed by atoms with E-state index in [1.165, 1.54) is 5.56 Å². The number of rotatable bonds is 5. The van der Waals surface area contributed by atoms with E-state index in [0.29, 0.717) is 5.92 Å². The van der Waals surface area contributed by atoms with Crippen LogP contribution in [0.3, 0.4) is 0 Å². The topological polar surface area (TPSA) is 48.2 Å². The van der Waals surface area contributed by atoms with Crippen molar-refractivity contribution in [1.82, 2.24) is 10.1 Å². The Hall–Kier alpha value is -1.68. The Morgan fingerprint density at radius 2 is 2.00 bits per heavy atom. The molecule has 0 aliphatic carbocycles. The lowest BCUT2D eigenvalue weighted by Crippen LogP contribution is -2.21. The molecular formula is C17H22N2O2. The van der Waals surface area contributed by atoms with Crippen LogP contribution in [0.15, 0.2) is 34.9 Å². The molecule has 1 aromatic carbocycles. The van der Waals surface area contributed by atoms with Crippen LogP contribution in [-0.2, 0) is 17.6 Å². The Labute approximate surface area is 125 Å². The predicted molar refractivity (Wildman–Crippen MR) is 80.1 cm³/mol. The largest absolute Gasteiger partial charge is 0.377 e. The Bertz CT molecular complexity index is 565. The van der Waals surface area contributed by atoms with Gasteiger partial charge in [-0.15, -0.1) is 0 Å². The van der Waals surface area contributed by atoms with Gasteiger partial charge in [0.25, 0.3) is 0 Å². The molecule has 1 aliphatic rings. The van der Waals surface area contributed by atoms with Gasteiger partial charge in [0.1, 0.15) is 0 Å². The number of aromatic nitrogens is 2. The van der Waals surface area contributed by atoms with Gasteiger partial charge in [-0.3, -0.25) is 0 Å². The molecule has 0 N–H and O–H groups in total. The lowest BCUT2D eigenvalue weighted by atomic mass is 9.93. The maximum Gasteiger partial charge on any atom is 0.232 e. The van der Waals surface area contributed by atoms with Crippen LogP contribution in [0.5, 0.6) is 0 Å². The fourth-order valence-electron chi connectivity index (χ4n) is 2.95. The maximum absolute atomic E-state index is 5.79. The summed E-state index contributed by atoms with van der Waals surface area (Å²) in [6, 6.07) is 10.4. The average Bonchev–Trinajstić information content (AvgIpc) is 3.15. The van der Waals surface area contributed by atoms with Crippen LogP contribution in [0, 0.1) is 5.92 Å². The SMILES string of the molecule is CC(C)[C@@H]1OCC[C@H]1c1nc(CCc2ccccc2)no1. The van der Waals surface area contributed by atoms with Crippen molar-refractivity contribution < 1.29 is 9.26 Å². The van der Waals surface area contributed by atoms with E-state index in [9.17, 15) is 0 Å². The van der Waals surface area contributed by atoms with Gasteiger partial charge in [-0.1, -0.05) is 49.3 Å². The minimum Gasteiger partial charge on any atom is -0.377 e. The van der Waals surface area contributed by atoms with E-state index < -0.39 is 0 Å². The summed E-state index contributed by atoms with van der Waals surface area (Å²) >= 11 is 0. The summed E-state index contributed by atoms with van der Waals surface area (Å²) < 4.78 is 11.3. The highest BCUT2D eigenvalue weighted by Crippen LogP contribution is 2.34. The van der Waals surface area contributed by atoms with Crippen molar-refractivity contribution in [1.29, 1.82) is 0 Å². The standard InChI is InChI=1S/C17H22N2O2/c1-12(2)16-14(10-11-20-16)17-18-15(19-21-17)9-8-13-6-4-3-5-7-13/h3-7,12,14,16H,8-11H2,1-2H3/t14-,16+/m1/s1. The first-order chi connectivity index (χ1) is 10.2. The van der Waals surface area contributed by atoms with E-state index in [-0.39, 0.29) is 12.0 Å². The molecule has 0 saturated carbocycles. The first-order valence-corrected chi connectivity index (χ1v) is 7.72. The van der Waals surface area contributed by atoms with E-state index in [4.69, 9.17) is 9.26 Å². The summed E-state index contributed by atoms with van der Waals surface area (Å²) in [7, 11) is 0. The fraction of sp³-hybridized carbons (Fsp3) is 0.529. The molecule has 3 rings (SSSR count). The van der Waals surface area contributed by atoms with Gasteiger partial charge >= 0.3 is 0 Å². The molecule has 1 saturated heterocycles. The molecule has 4 heteroatoms. The molecule has 0 spiro atoms. The number of benzene rings is 1. The summed E-state index contributed by atoms with van der Waals surface area (Å²) in [6.45, 7) is 5.14. The van der Waals surface area contributed by atoms with Gasteiger partial charge in [-0.2, -0.15) is 4.98 Å². The maximum atomic E-state index is 5.79. The van der Waals surface area contributed by atoms with Crippen LogP contribution in [0.4, 0.5) is 0 Å². The molecule has 2 heterocycles. The van der Waals surface area contributed by atoms with Crippen molar-refractivity contribution in [2.45, 2.75) is 45.1 Å². The van der Waals surface area contributed by atoms with Gasteiger partial charge in [0.2, 0.25) is 5.89 Å². The third-order valence-corrected chi connectivity index (χ3v) is 4.07. The molecular weight excluding hydrogens is 264 g/mol. The molecule has 1 aliphatic heterocycles. The van der Waals surface area contributed by atoms with Gasteiger partial charge in [-0.25, -0.2) is 0 Å². The minimum atomic E-state index is 0.201. The Kier molecular flexibility index (Phi) is 4.34. The highest BCUT2D eigenvalue weighted by Gasteiger charge is 2.35. The Balaban J connectivity index is 1.63. The number of ether oxygens (including phenoxy) is 1. The monoisotopic (exact) mass is 286 g/mol. The summed E-state index contributed by atoms with van der Waals surface area (Å²) in [5, 5.41) is 4.13. The molecule has 0 radical (unpaired) electrons. The smallest absolute Gasteiger partial charge is 0.232 e. The molecule has 0 unspecified atom stereocenters. The second kappa shape index (κ2) is 6.39. The van der Waals surface area contributed by atoms with Crippen LogP contribution >= 0.6 is 0 Å². The first kappa shape index (κ1) is 14.3. The second-order valence-electron chi connectivity index (χ2n) is 6.01. The summed E-state index contributed by atoms with van der Waals surface area (Å²) in [6.07, 6.45) is 2.93. The van der Waals surface area contributed by atoms with E-state index >= 15 is 0 Å². The Morgan fingerprint density at radius 3 is 2.76 bits per heavy atom. The third kappa shape index (κ3) is 3.32. The number of aryl methyl sites for hydroxylation is 2. The van der Waals surface area contributed by atoms with E-state index in [1.54, 1.807) is 0 Å². The van der Waals surface area contributed by atoms with Crippen molar-refractivity contribution in [3.05, 3.63) is 47.6 Å². The van der Waals surface area contributed by atoms with Crippen molar-refractivity contribution >= 4 is 0 Å². The van der Waals surface area contributed by atoms with Crippen LogP contribution in [0.2, 0.25) is 0 Å². The average molecular weight is 286 g/mol. The highest BCUT2D eigenvalue weighted by molar-refractivity contribution is 5.15. The molecule has 2 atom stereocenters. The lowest BCUT2D eigenvalue weighted by molar-refractivity contribution is 0.0627. The minimum absolute atomic E-state index is 0.201. The predicted octanol–water partition coefficient (Wildman–Crippen LogP) is 3.38. The molecule has 112 valence electrons. The zero-order chi connectivity index (χ0) is 14.7. The third-order valence-electron chi connectivity index (χ3n) is 4.07. The van der Waals surface area contributed by atoms with Crippen molar-refractivity contribution in [2.24, 2.45) is 5.92 Å². The second-order valence-corrected chi connectivity index (χ2v) is 6.01. The van der Waals surface area contributed by atoms with Crippen LogP contribution in [-0.4, -0.2) is 22.9 Å². The molecule has 21 heavy (non-hydrogen) atoms. The fourth-order valence-corrected chi connectivity index (χ4v) is 2.95. The van der Waals surface area contributed by atoms with Gasteiger partial charge in [0.05, 0.1) is 12.0 Å². The molecule has 1 fully saturated rings. The van der Waals surface area contributed by atoms with E-state index in [2.05, 4.69) is 48.3 Å². The van der Waals surface area contributed by atoms with Crippen LogP contribution in [0.1, 0.15) is 43.5 Å². The lowest BCUT2D eigenvalue weighted by Gasteiger charge is -2.18. The Morgan fingerprint density at radius 1 is 1.19 bits per heavy atom.